The van der Waals surface area contributed by atoms with Crippen LogP contribution in [0.25, 0.3) is 0 Å². The van der Waals surface area contributed by atoms with Crippen LogP contribution in [0, 0.1) is 88.3 Å². The van der Waals surface area contributed by atoms with E-state index in [0.717, 1.165) is 30.3 Å². The zero-order valence-electron chi connectivity index (χ0n) is 13.9. The summed E-state index contributed by atoms with van der Waals surface area (Å²) in [6.07, 6.45) is 8.01. The molecule has 1 heteroatoms. The van der Waals surface area contributed by atoms with Gasteiger partial charge in [0.25, 0.3) is 0 Å². The lowest BCUT2D eigenvalue weighted by molar-refractivity contribution is 0.0276. The van der Waals surface area contributed by atoms with Crippen molar-refractivity contribution < 1.29 is 4.74 Å². The highest BCUT2D eigenvalue weighted by Gasteiger charge is 2.87. The fraction of sp³-hybridized carbons (Fsp3) is 1.00. The van der Waals surface area contributed by atoms with Crippen LogP contribution in [0.2, 0.25) is 0 Å². The molecule has 23 heavy (non-hydrogen) atoms. The van der Waals surface area contributed by atoms with E-state index in [2.05, 4.69) is 0 Å². The Balaban J connectivity index is 1.40. The Labute approximate surface area is 138 Å². The third kappa shape index (κ3) is 0.825. The Morgan fingerprint density at radius 3 is 1.65 bits per heavy atom. The van der Waals surface area contributed by atoms with Crippen LogP contribution >= 0.6 is 0 Å². The van der Waals surface area contributed by atoms with E-state index in [4.69, 9.17) is 4.74 Å². The van der Waals surface area contributed by atoms with Gasteiger partial charge in [-0.2, -0.15) is 0 Å². The van der Waals surface area contributed by atoms with Crippen molar-refractivity contribution in [3.05, 3.63) is 0 Å². The smallest absolute Gasteiger partial charge is 0.0529 e. The molecule has 0 aromatic carbocycles. The minimum absolute atomic E-state index is 0.684. The highest BCUT2D eigenvalue weighted by molar-refractivity contribution is 5.34. The van der Waals surface area contributed by atoms with Gasteiger partial charge in [-0.3, -0.25) is 0 Å². The van der Waals surface area contributed by atoms with E-state index >= 15 is 0 Å². The first kappa shape index (κ1) is 11.6. The summed E-state index contributed by atoms with van der Waals surface area (Å²) in [5, 5.41) is 0. The summed E-state index contributed by atoms with van der Waals surface area (Å²) in [6.45, 7) is 2.29. The quantitative estimate of drug-likeness (QED) is 0.663. The molecule has 9 rings (SSSR count). The van der Waals surface area contributed by atoms with Crippen molar-refractivity contribution >= 4 is 0 Å². The summed E-state index contributed by atoms with van der Waals surface area (Å²) >= 11 is 0. The summed E-state index contributed by atoms with van der Waals surface area (Å²) in [6, 6.07) is 0. The first-order valence-electron chi connectivity index (χ1n) is 11.0. The number of rotatable bonds is 0. The van der Waals surface area contributed by atoms with Gasteiger partial charge in [0.2, 0.25) is 0 Å². The molecule has 0 aromatic rings. The highest BCUT2D eigenvalue weighted by Crippen LogP contribution is 2.91. The fourth-order valence-corrected chi connectivity index (χ4v) is 13.3. The van der Waals surface area contributed by atoms with Crippen molar-refractivity contribution in [2.75, 3.05) is 13.2 Å². The first-order chi connectivity index (χ1) is 11.4. The van der Waals surface area contributed by atoms with Gasteiger partial charge in [0.15, 0.2) is 0 Å². The van der Waals surface area contributed by atoms with Gasteiger partial charge in [-0.1, -0.05) is 0 Å². The molecule has 0 amide bonds. The minimum Gasteiger partial charge on any atom is -0.381 e. The molecule has 0 aromatic heterocycles. The number of hydrogen-bond donors (Lipinski definition) is 0. The van der Waals surface area contributed by atoms with E-state index < -0.39 is 0 Å². The standard InChI is InChI=1S/C22H28O/c1-3-10-13-8(1)12-9-2-4-11-14(9)17-15(12)16(13)18-19(17)21(11)22(20(10)18)5-6-23-7-22/h8-21H,1-7H2/t8-,9+,10-,11-,12?,13+,14-,15?,16+,17-,18-,19-,20-,21-,22?/m1/s1. The molecule has 1 spiro atoms. The molecule has 9 fully saturated rings. The molecule has 15 atom stereocenters. The second-order valence-corrected chi connectivity index (χ2v) is 11.5. The maximum atomic E-state index is 6.19. The van der Waals surface area contributed by atoms with E-state index in [0.29, 0.717) is 5.41 Å². The zero-order chi connectivity index (χ0) is 14.2. The van der Waals surface area contributed by atoms with Crippen molar-refractivity contribution in [3.63, 3.8) is 0 Å². The van der Waals surface area contributed by atoms with Crippen LogP contribution in [0.3, 0.4) is 0 Å². The van der Waals surface area contributed by atoms with Gasteiger partial charge in [0.1, 0.15) is 0 Å². The second kappa shape index (κ2) is 3.08. The Kier molecular flexibility index (Phi) is 1.55. The maximum Gasteiger partial charge on any atom is 0.0529 e. The summed E-state index contributed by atoms with van der Waals surface area (Å²) < 4.78 is 6.19. The monoisotopic (exact) mass is 308 g/mol. The molecular formula is C22H28O. The van der Waals surface area contributed by atoms with Crippen LogP contribution in [0.4, 0.5) is 0 Å². The minimum atomic E-state index is 0.684. The number of fused-ring (bicyclic) bond motifs is 6. The Bertz CT molecular complexity index is 600. The molecule has 8 aliphatic carbocycles. The predicted molar refractivity (Wildman–Crippen MR) is 85.2 cm³/mol. The Hall–Kier alpha value is -0.0400. The van der Waals surface area contributed by atoms with Crippen molar-refractivity contribution in [2.45, 2.75) is 32.1 Å². The van der Waals surface area contributed by atoms with Crippen LogP contribution in [0.1, 0.15) is 32.1 Å². The largest absolute Gasteiger partial charge is 0.381 e. The van der Waals surface area contributed by atoms with Crippen LogP contribution in [-0.4, -0.2) is 13.2 Å². The SMILES string of the molecule is C1CC2(CO1)[C@@H]1[C@@H]3CC[C@H]4C5C6[C@H]([C@@H]1[C@H]1[C@H]6[C@@H]6[C@@H](CC[C@H]56)[C@H]12)[C@@H]34. The van der Waals surface area contributed by atoms with Gasteiger partial charge >= 0.3 is 0 Å². The third-order valence-electron chi connectivity index (χ3n) is 12.4. The van der Waals surface area contributed by atoms with Gasteiger partial charge in [0, 0.05) is 12.0 Å². The maximum absolute atomic E-state index is 6.19. The lowest BCUT2D eigenvalue weighted by atomic mass is 9.62. The van der Waals surface area contributed by atoms with Gasteiger partial charge in [0.05, 0.1) is 6.61 Å². The van der Waals surface area contributed by atoms with Crippen LogP contribution < -0.4 is 0 Å². The molecule has 1 nitrogen and oxygen atoms in total. The van der Waals surface area contributed by atoms with Gasteiger partial charge in [-0.15, -0.1) is 0 Å². The predicted octanol–water partition coefficient (Wildman–Crippen LogP) is 3.69. The average molecular weight is 308 g/mol. The lowest BCUT2D eigenvalue weighted by Crippen LogP contribution is -2.40. The number of ether oxygens (including phenoxy) is 1. The van der Waals surface area contributed by atoms with Gasteiger partial charge < -0.3 is 4.74 Å². The van der Waals surface area contributed by atoms with E-state index in [1.165, 1.54) is 72.2 Å². The molecule has 3 unspecified atom stereocenters. The fourth-order valence-electron chi connectivity index (χ4n) is 13.3. The lowest BCUT2D eigenvalue weighted by Gasteiger charge is -2.41. The molecular weight excluding hydrogens is 280 g/mol. The molecule has 0 radical (unpaired) electrons. The summed E-state index contributed by atoms with van der Waals surface area (Å²) in [4.78, 5) is 0. The summed E-state index contributed by atoms with van der Waals surface area (Å²) in [7, 11) is 0. The van der Waals surface area contributed by atoms with Crippen LogP contribution in [-0.2, 0) is 4.74 Å². The molecule has 1 aliphatic heterocycles. The van der Waals surface area contributed by atoms with E-state index in [-0.39, 0.29) is 0 Å². The Morgan fingerprint density at radius 1 is 0.565 bits per heavy atom. The first-order valence-corrected chi connectivity index (χ1v) is 11.0. The Morgan fingerprint density at radius 2 is 1.09 bits per heavy atom. The van der Waals surface area contributed by atoms with Crippen LogP contribution in [0.5, 0.6) is 0 Å². The molecule has 1 saturated heterocycles. The van der Waals surface area contributed by atoms with Gasteiger partial charge in [-0.25, -0.2) is 0 Å². The highest BCUT2D eigenvalue weighted by atomic mass is 16.5. The molecule has 122 valence electrons. The van der Waals surface area contributed by atoms with E-state index in [9.17, 15) is 0 Å². The molecule has 8 saturated carbocycles. The summed E-state index contributed by atoms with van der Waals surface area (Å²) in [5.74, 6) is 16.7. The van der Waals surface area contributed by atoms with Crippen molar-refractivity contribution in [1.29, 1.82) is 0 Å². The van der Waals surface area contributed by atoms with E-state index in [1.807, 2.05) is 0 Å². The van der Waals surface area contributed by atoms with Crippen molar-refractivity contribution in [3.8, 4) is 0 Å². The average Bonchev–Trinajstić information content (AvgIpc) is 3.33. The normalized spacial score (nSPS) is 82.4. The van der Waals surface area contributed by atoms with Gasteiger partial charge in [-0.05, 0) is 115 Å². The van der Waals surface area contributed by atoms with Crippen LogP contribution in [0.15, 0.2) is 0 Å². The molecule has 1 heterocycles. The second-order valence-electron chi connectivity index (χ2n) is 11.5. The van der Waals surface area contributed by atoms with Crippen molar-refractivity contribution in [1.82, 2.24) is 0 Å². The third-order valence-corrected chi connectivity index (χ3v) is 12.4. The molecule has 0 bridgehead atoms. The molecule has 0 N–H and O–H groups in total. The zero-order valence-corrected chi connectivity index (χ0v) is 13.9. The number of hydrogen-bond acceptors (Lipinski definition) is 1. The summed E-state index contributed by atoms with van der Waals surface area (Å²) in [5.41, 5.74) is 0.684. The van der Waals surface area contributed by atoms with Crippen molar-refractivity contribution in [2.24, 2.45) is 88.3 Å². The topological polar surface area (TPSA) is 9.23 Å². The molecule has 9 aliphatic rings. The van der Waals surface area contributed by atoms with E-state index in [1.54, 1.807) is 25.7 Å².